The smallest absolute Gasteiger partial charge is 0.225 e. The van der Waals surface area contributed by atoms with Crippen LogP contribution in [0.25, 0.3) is 0 Å². The lowest BCUT2D eigenvalue weighted by atomic mass is 10.2. The number of hydrogen-bond donors (Lipinski definition) is 2. The maximum atomic E-state index is 12.2. The second-order valence-electron chi connectivity index (χ2n) is 7.79. The predicted octanol–water partition coefficient (Wildman–Crippen LogP) is 3.33. The first kappa shape index (κ1) is 25.5. The molecule has 1 heterocycles. The molecule has 1 fully saturated rings. The Morgan fingerprint density at radius 3 is 2.66 bits per heavy atom. The largest absolute Gasteiger partial charge is 0.375 e. The van der Waals surface area contributed by atoms with Gasteiger partial charge in [-0.25, -0.2) is 0 Å². The third-order valence-electron chi connectivity index (χ3n) is 5.05. The van der Waals surface area contributed by atoms with E-state index in [0.29, 0.717) is 0 Å². The van der Waals surface area contributed by atoms with Gasteiger partial charge in [0, 0.05) is 57.4 Å². The Labute approximate surface area is 193 Å². The summed E-state index contributed by atoms with van der Waals surface area (Å²) in [5.74, 6) is 1.17. The molecule has 2 N–H and O–H groups in total. The number of likely N-dealkylation sites (tertiary alicyclic amines) is 1. The van der Waals surface area contributed by atoms with Gasteiger partial charge in [0.05, 0.1) is 0 Å². The SMILES string of the molecule is CCNC(=NCCCCN(C)c1ccccc1)NC1CCN(C(=O)C(C)C)C1.I. The summed E-state index contributed by atoms with van der Waals surface area (Å²) >= 11 is 0. The first-order chi connectivity index (χ1) is 13.5. The van der Waals surface area contributed by atoms with Crippen LogP contribution in [-0.4, -0.2) is 62.6 Å². The third-order valence-corrected chi connectivity index (χ3v) is 5.05. The maximum Gasteiger partial charge on any atom is 0.225 e. The summed E-state index contributed by atoms with van der Waals surface area (Å²) in [6.07, 6.45) is 3.13. The monoisotopic (exact) mass is 515 g/mol. The van der Waals surface area contributed by atoms with Crippen molar-refractivity contribution in [2.45, 2.75) is 46.1 Å². The van der Waals surface area contributed by atoms with Crippen LogP contribution in [0.5, 0.6) is 0 Å². The molecule has 1 aliphatic heterocycles. The molecular weight excluding hydrogens is 477 g/mol. The van der Waals surface area contributed by atoms with Gasteiger partial charge in [-0.15, -0.1) is 24.0 Å². The molecule has 1 unspecified atom stereocenters. The van der Waals surface area contributed by atoms with E-state index in [1.54, 1.807) is 0 Å². The number of nitrogens with one attached hydrogen (secondary N) is 2. The normalized spacial score (nSPS) is 16.5. The van der Waals surface area contributed by atoms with Gasteiger partial charge in [0.2, 0.25) is 5.91 Å². The molecule has 7 heteroatoms. The first-order valence-corrected chi connectivity index (χ1v) is 10.6. The Bertz CT molecular complexity index is 623. The molecule has 1 saturated heterocycles. The molecule has 1 aromatic rings. The number of rotatable bonds is 9. The fourth-order valence-electron chi connectivity index (χ4n) is 3.42. The molecular formula is C22H38IN5O. The molecule has 1 aliphatic rings. The second kappa shape index (κ2) is 13.7. The lowest BCUT2D eigenvalue weighted by Crippen LogP contribution is -2.45. The molecule has 0 spiro atoms. The summed E-state index contributed by atoms with van der Waals surface area (Å²) in [6.45, 7) is 10.3. The minimum Gasteiger partial charge on any atom is -0.375 e. The van der Waals surface area contributed by atoms with Crippen molar-refractivity contribution in [3.05, 3.63) is 30.3 Å². The zero-order valence-electron chi connectivity index (χ0n) is 18.4. The fourth-order valence-corrected chi connectivity index (χ4v) is 3.42. The number of aliphatic imine (C=N–C) groups is 1. The predicted molar refractivity (Wildman–Crippen MR) is 133 cm³/mol. The molecule has 0 saturated carbocycles. The molecule has 6 nitrogen and oxygen atoms in total. The van der Waals surface area contributed by atoms with E-state index < -0.39 is 0 Å². The van der Waals surface area contributed by atoms with E-state index in [4.69, 9.17) is 4.99 Å². The highest BCUT2D eigenvalue weighted by molar-refractivity contribution is 14.0. The first-order valence-electron chi connectivity index (χ1n) is 10.6. The molecule has 1 aromatic carbocycles. The Hall–Kier alpha value is -1.51. The Morgan fingerprint density at radius 2 is 2.00 bits per heavy atom. The van der Waals surface area contributed by atoms with Crippen LogP contribution in [-0.2, 0) is 4.79 Å². The number of halogens is 1. The molecule has 1 atom stereocenters. The van der Waals surface area contributed by atoms with Gasteiger partial charge < -0.3 is 20.4 Å². The van der Waals surface area contributed by atoms with E-state index in [1.165, 1.54) is 5.69 Å². The Kier molecular flexibility index (Phi) is 12.0. The molecule has 164 valence electrons. The minimum atomic E-state index is 0. The van der Waals surface area contributed by atoms with Crippen molar-refractivity contribution in [2.75, 3.05) is 44.7 Å². The number of benzene rings is 1. The molecule has 2 rings (SSSR count). The quantitative estimate of drug-likeness (QED) is 0.229. The standard InChI is InChI=1S/C22H37N5O.HI/c1-5-23-22(25-19-13-16-27(17-19)21(28)18(2)3)24-14-9-10-15-26(4)20-11-7-6-8-12-20;/h6-8,11-12,18-19H,5,9-10,13-17H2,1-4H3,(H2,23,24,25);1H. The van der Waals surface area contributed by atoms with Gasteiger partial charge >= 0.3 is 0 Å². The number of unbranched alkanes of at least 4 members (excludes halogenated alkanes) is 1. The van der Waals surface area contributed by atoms with Gasteiger partial charge in [0.25, 0.3) is 0 Å². The van der Waals surface area contributed by atoms with Gasteiger partial charge in [-0.05, 0) is 38.3 Å². The number of carbonyl (C=O) groups excluding carboxylic acids is 1. The lowest BCUT2D eigenvalue weighted by molar-refractivity contribution is -0.133. The molecule has 0 aromatic heterocycles. The van der Waals surface area contributed by atoms with Crippen molar-refractivity contribution in [2.24, 2.45) is 10.9 Å². The van der Waals surface area contributed by atoms with Gasteiger partial charge in [0.1, 0.15) is 0 Å². The summed E-state index contributed by atoms with van der Waals surface area (Å²) < 4.78 is 0. The zero-order valence-corrected chi connectivity index (χ0v) is 20.7. The van der Waals surface area contributed by atoms with Crippen LogP contribution in [0.2, 0.25) is 0 Å². The minimum absolute atomic E-state index is 0. The molecule has 0 aliphatic carbocycles. The highest BCUT2D eigenvalue weighted by Crippen LogP contribution is 2.13. The van der Waals surface area contributed by atoms with Crippen molar-refractivity contribution < 1.29 is 4.79 Å². The third kappa shape index (κ3) is 8.80. The van der Waals surface area contributed by atoms with E-state index in [0.717, 1.165) is 57.9 Å². The lowest BCUT2D eigenvalue weighted by Gasteiger charge is -2.20. The van der Waals surface area contributed by atoms with Crippen LogP contribution in [0.3, 0.4) is 0 Å². The van der Waals surface area contributed by atoms with E-state index in [9.17, 15) is 4.79 Å². The van der Waals surface area contributed by atoms with Crippen molar-refractivity contribution in [1.82, 2.24) is 15.5 Å². The summed E-state index contributed by atoms with van der Waals surface area (Å²) in [6, 6.07) is 10.8. The number of para-hydroxylation sites is 1. The summed E-state index contributed by atoms with van der Waals surface area (Å²) in [4.78, 5) is 21.1. The topological polar surface area (TPSA) is 60.0 Å². The van der Waals surface area contributed by atoms with Crippen LogP contribution in [0.1, 0.15) is 40.0 Å². The van der Waals surface area contributed by atoms with Crippen molar-refractivity contribution in [1.29, 1.82) is 0 Å². The van der Waals surface area contributed by atoms with Gasteiger partial charge in [-0.2, -0.15) is 0 Å². The van der Waals surface area contributed by atoms with Gasteiger partial charge in [-0.3, -0.25) is 9.79 Å². The van der Waals surface area contributed by atoms with Crippen LogP contribution < -0.4 is 15.5 Å². The number of anilines is 1. The average Bonchev–Trinajstić information content (AvgIpc) is 3.16. The summed E-state index contributed by atoms with van der Waals surface area (Å²) in [5.41, 5.74) is 1.25. The van der Waals surface area contributed by atoms with Crippen molar-refractivity contribution >= 4 is 41.5 Å². The number of amides is 1. The molecule has 29 heavy (non-hydrogen) atoms. The molecule has 1 amide bonds. The van der Waals surface area contributed by atoms with Crippen molar-refractivity contribution in [3.63, 3.8) is 0 Å². The summed E-state index contributed by atoms with van der Waals surface area (Å²) in [7, 11) is 2.13. The average molecular weight is 515 g/mol. The summed E-state index contributed by atoms with van der Waals surface area (Å²) in [5, 5.41) is 6.83. The maximum absolute atomic E-state index is 12.2. The van der Waals surface area contributed by atoms with Crippen molar-refractivity contribution in [3.8, 4) is 0 Å². The number of hydrogen-bond acceptors (Lipinski definition) is 3. The Balaban J connectivity index is 0.00000420. The van der Waals surface area contributed by atoms with Crippen LogP contribution in [0.4, 0.5) is 5.69 Å². The van der Waals surface area contributed by atoms with E-state index in [-0.39, 0.29) is 41.8 Å². The van der Waals surface area contributed by atoms with E-state index >= 15 is 0 Å². The van der Waals surface area contributed by atoms with Crippen LogP contribution in [0, 0.1) is 5.92 Å². The van der Waals surface area contributed by atoms with E-state index in [2.05, 4.69) is 53.8 Å². The number of nitrogens with zero attached hydrogens (tertiary/aromatic N) is 3. The number of guanidine groups is 1. The highest BCUT2D eigenvalue weighted by Gasteiger charge is 2.27. The van der Waals surface area contributed by atoms with E-state index in [1.807, 2.05) is 24.8 Å². The van der Waals surface area contributed by atoms with Gasteiger partial charge in [-0.1, -0.05) is 32.0 Å². The number of carbonyl (C=O) groups is 1. The highest BCUT2D eigenvalue weighted by atomic mass is 127. The molecule has 0 bridgehead atoms. The Morgan fingerprint density at radius 1 is 1.28 bits per heavy atom. The van der Waals surface area contributed by atoms with Gasteiger partial charge in [0.15, 0.2) is 5.96 Å². The second-order valence-corrected chi connectivity index (χ2v) is 7.79. The van der Waals surface area contributed by atoms with Crippen LogP contribution >= 0.6 is 24.0 Å². The zero-order chi connectivity index (χ0) is 20.4. The van der Waals surface area contributed by atoms with Crippen LogP contribution in [0.15, 0.2) is 35.3 Å². The molecule has 0 radical (unpaired) electrons. The fraction of sp³-hybridized carbons (Fsp3) is 0.636.